The van der Waals surface area contributed by atoms with Crippen molar-refractivity contribution in [3.05, 3.63) is 23.8 Å². The highest BCUT2D eigenvalue weighted by atomic mass is 16.4. The van der Waals surface area contributed by atoms with E-state index < -0.39 is 5.97 Å². The summed E-state index contributed by atoms with van der Waals surface area (Å²) in [6.07, 6.45) is 0. The highest BCUT2D eigenvalue weighted by Gasteiger charge is 2.37. The van der Waals surface area contributed by atoms with Crippen molar-refractivity contribution in [2.45, 2.75) is 19.9 Å². The van der Waals surface area contributed by atoms with Crippen molar-refractivity contribution < 1.29 is 20.1 Å². The molecular weight excluding hydrogens is 246 g/mol. The number of carboxylic acids is 1. The summed E-state index contributed by atoms with van der Waals surface area (Å²) in [5.41, 5.74) is 0.705. The SMILES string of the molecule is CC(c1ccc(O)cc1O)N1C[C@@H](C)[C@H](C(=O)O)C1. The molecule has 5 nitrogen and oxygen atoms in total. The molecule has 1 aliphatic heterocycles. The molecule has 1 aromatic carbocycles. The smallest absolute Gasteiger partial charge is 0.308 e. The van der Waals surface area contributed by atoms with Crippen molar-refractivity contribution in [1.82, 2.24) is 4.90 Å². The van der Waals surface area contributed by atoms with Crippen LogP contribution in [-0.4, -0.2) is 39.3 Å². The number of benzene rings is 1. The minimum atomic E-state index is -0.767. The van der Waals surface area contributed by atoms with E-state index in [2.05, 4.69) is 4.90 Å². The van der Waals surface area contributed by atoms with Gasteiger partial charge in [0.25, 0.3) is 0 Å². The van der Waals surface area contributed by atoms with Crippen LogP contribution in [0.1, 0.15) is 25.5 Å². The van der Waals surface area contributed by atoms with E-state index in [0.717, 1.165) is 0 Å². The van der Waals surface area contributed by atoms with E-state index in [-0.39, 0.29) is 29.4 Å². The van der Waals surface area contributed by atoms with Crippen molar-refractivity contribution in [2.24, 2.45) is 11.8 Å². The quantitative estimate of drug-likeness (QED) is 0.776. The number of carbonyl (C=O) groups is 1. The zero-order valence-electron chi connectivity index (χ0n) is 11.1. The van der Waals surface area contributed by atoms with E-state index in [1.165, 1.54) is 12.1 Å². The first-order chi connectivity index (χ1) is 8.90. The molecule has 3 atom stereocenters. The highest BCUT2D eigenvalue weighted by molar-refractivity contribution is 5.71. The van der Waals surface area contributed by atoms with Gasteiger partial charge in [-0.1, -0.05) is 13.0 Å². The van der Waals surface area contributed by atoms with Gasteiger partial charge < -0.3 is 15.3 Å². The van der Waals surface area contributed by atoms with Gasteiger partial charge in [-0.3, -0.25) is 9.69 Å². The predicted molar refractivity (Wildman–Crippen MR) is 70.0 cm³/mol. The molecule has 19 heavy (non-hydrogen) atoms. The van der Waals surface area contributed by atoms with Crippen LogP contribution in [0, 0.1) is 11.8 Å². The van der Waals surface area contributed by atoms with E-state index in [1.807, 2.05) is 13.8 Å². The van der Waals surface area contributed by atoms with Crippen molar-refractivity contribution in [3.63, 3.8) is 0 Å². The van der Waals surface area contributed by atoms with E-state index >= 15 is 0 Å². The van der Waals surface area contributed by atoms with Crippen LogP contribution in [0.3, 0.4) is 0 Å². The average molecular weight is 265 g/mol. The van der Waals surface area contributed by atoms with Crippen LogP contribution in [-0.2, 0) is 4.79 Å². The first-order valence-electron chi connectivity index (χ1n) is 6.39. The zero-order valence-corrected chi connectivity index (χ0v) is 11.1. The molecule has 3 N–H and O–H groups in total. The summed E-state index contributed by atoms with van der Waals surface area (Å²) in [7, 11) is 0. The second-order valence-electron chi connectivity index (χ2n) is 5.30. The molecule has 0 amide bonds. The Bertz CT molecular complexity index is 488. The number of aromatic hydroxyl groups is 2. The van der Waals surface area contributed by atoms with Gasteiger partial charge in [0.2, 0.25) is 0 Å². The number of phenols is 2. The third-order valence-corrected chi connectivity index (χ3v) is 3.97. The molecule has 1 aliphatic rings. The summed E-state index contributed by atoms with van der Waals surface area (Å²) in [6.45, 7) is 5.04. The van der Waals surface area contributed by atoms with Crippen molar-refractivity contribution in [1.29, 1.82) is 0 Å². The molecule has 2 rings (SSSR count). The Morgan fingerprint density at radius 2 is 2.05 bits per heavy atom. The maximum absolute atomic E-state index is 11.1. The van der Waals surface area contributed by atoms with Gasteiger partial charge in [-0.2, -0.15) is 0 Å². The van der Waals surface area contributed by atoms with Crippen LogP contribution < -0.4 is 0 Å². The van der Waals surface area contributed by atoms with Gasteiger partial charge in [0.15, 0.2) is 0 Å². The molecule has 1 fully saturated rings. The van der Waals surface area contributed by atoms with Gasteiger partial charge in [0, 0.05) is 30.8 Å². The predicted octanol–water partition coefficient (Wildman–Crippen LogP) is 1.81. The first-order valence-corrected chi connectivity index (χ1v) is 6.39. The summed E-state index contributed by atoms with van der Waals surface area (Å²) in [5.74, 6) is -0.969. The number of carboxylic acid groups (broad SMARTS) is 1. The molecule has 1 unspecified atom stereocenters. The molecule has 0 spiro atoms. The number of nitrogens with zero attached hydrogens (tertiary/aromatic N) is 1. The number of phenolic OH excluding ortho intramolecular Hbond substituents is 2. The number of aliphatic carboxylic acids is 1. The maximum atomic E-state index is 11.1. The third kappa shape index (κ3) is 2.66. The van der Waals surface area contributed by atoms with E-state index in [9.17, 15) is 15.0 Å². The van der Waals surface area contributed by atoms with Gasteiger partial charge in [-0.25, -0.2) is 0 Å². The minimum Gasteiger partial charge on any atom is -0.508 e. The van der Waals surface area contributed by atoms with Crippen molar-refractivity contribution in [2.75, 3.05) is 13.1 Å². The number of rotatable bonds is 3. The Morgan fingerprint density at radius 1 is 1.37 bits per heavy atom. The lowest BCUT2D eigenvalue weighted by atomic mass is 9.99. The lowest BCUT2D eigenvalue weighted by molar-refractivity contribution is -0.142. The Kier molecular flexibility index (Phi) is 3.66. The van der Waals surface area contributed by atoms with Crippen LogP contribution in [0.2, 0.25) is 0 Å². The summed E-state index contributed by atoms with van der Waals surface area (Å²) in [5, 5.41) is 28.3. The molecule has 5 heteroatoms. The average Bonchev–Trinajstić information content (AvgIpc) is 2.70. The molecule has 0 aromatic heterocycles. The molecule has 1 heterocycles. The van der Waals surface area contributed by atoms with Crippen molar-refractivity contribution in [3.8, 4) is 11.5 Å². The van der Waals surface area contributed by atoms with Gasteiger partial charge >= 0.3 is 5.97 Å². The maximum Gasteiger partial charge on any atom is 0.308 e. The molecule has 0 radical (unpaired) electrons. The van der Waals surface area contributed by atoms with E-state index in [0.29, 0.717) is 18.7 Å². The monoisotopic (exact) mass is 265 g/mol. The van der Waals surface area contributed by atoms with Crippen LogP contribution in [0.25, 0.3) is 0 Å². The van der Waals surface area contributed by atoms with Gasteiger partial charge in [0.05, 0.1) is 5.92 Å². The lowest BCUT2D eigenvalue weighted by Crippen LogP contribution is -2.26. The van der Waals surface area contributed by atoms with Crippen molar-refractivity contribution >= 4 is 5.97 Å². The summed E-state index contributed by atoms with van der Waals surface area (Å²) in [6, 6.07) is 4.43. The van der Waals surface area contributed by atoms with Crippen LogP contribution >= 0.6 is 0 Å². The Labute approximate surface area is 112 Å². The molecule has 0 aliphatic carbocycles. The molecule has 104 valence electrons. The first kappa shape index (κ1) is 13.7. The Morgan fingerprint density at radius 3 is 2.58 bits per heavy atom. The number of hydrogen-bond acceptors (Lipinski definition) is 4. The van der Waals surface area contributed by atoms with Crippen LogP contribution in [0.4, 0.5) is 0 Å². The normalized spacial score (nSPS) is 25.4. The fourth-order valence-corrected chi connectivity index (χ4v) is 2.72. The van der Waals surface area contributed by atoms with E-state index in [1.54, 1.807) is 6.07 Å². The standard InChI is InChI=1S/C14H19NO4/c1-8-6-15(7-12(8)14(18)19)9(2)11-4-3-10(16)5-13(11)17/h3-5,8-9,12,16-17H,6-7H2,1-2H3,(H,18,19)/t8-,9?,12-/m1/s1. The number of hydrogen-bond donors (Lipinski definition) is 3. The highest BCUT2D eigenvalue weighted by Crippen LogP contribution is 2.35. The molecular formula is C14H19NO4. The molecule has 1 saturated heterocycles. The fourth-order valence-electron chi connectivity index (χ4n) is 2.72. The molecule has 0 saturated carbocycles. The second kappa shape index (κ2) is 5.09. The van der Waals surface area contributed by atoms with Gasteiger partial charge in [-0.05, 0) is 18.9 Å². The topological polar surface area (TPSA) is 81.0 Å². The second-order valence-corrected chi connectivity index (χ2v) is 5.30. The largest absolute Gasteiger partial charge is 0.508 e. The Hall–Kier alpha value is -1.75. The summed E-state index contributed by atoms with van der Waals surface area (Å²) < 4.78 is 0. The van der Waals surface area contributed by atoms with Gasteiger partial charge in [0.1, 0.15) is 11.5 Å². The zero-order chi connectivity index (χ0) is 14.2. The third-order valence-electron chi connectivity index (χ3n) is 3.97. The number of likely N-dealkylation sites (tertiary alicyclic amines) is 1. The molecule has 0 bridgehead atoms. The van der Waals surface area contributed by atoms with Crippen LogP contribution in [0.15, 0.2) is 18.2 Å². The fraction of sp³-hybridized carbons (Fsp3) is 0.500. The van der Waals surface area contributed by atoms with Crippen LogP contribution in [0.5, 0.6) is 11.5 Å². The Balaban J connectivity index is 2.17. The summed E-state index contributed by atoms with van der Waals surface area (Å²) in [4.78, 5) is 13.2. The van der Waals surface area contributed by atoms with Gasteiger partial charge in [-0.15, -0.1) is 0 Å². The molecule has 1 aromatic rings. The lowest BCUT2D eigenvalue weighted by Gasteiger charge is -2.25. The van der Waals surface area contributed by atoms with E-state index in [4.69, 9.17) is 5.11 Å². The summed E-state index contributed by atoms with van der Waals surface area (Å²) >= 11 is 0. The minimum absolute atomic E-state index is 0.0200.